The molecule has 0 spiro atoms. The van der Waals surface area contributed by atoms with Gasteiger partial charge in [0.25, 0.3) is 0 Å². The van der Waals surface area contributed by atoms with Crippen molar-refractivity contribution in [3.05, 3.63) is 0 Å². The van der Waals surface area contributed by atoms with Crippen LogP contribution in [0.5, 0.6) is 0 Å². The van der Waals surface area contributed by atoms with Crippen molar-refractivity contribution in [1.29, 1.82) is 0 Å². The summed E-state index contributed by atoms with van der Waals surface area (Å²) < 4.78 is 0. The molecular weight excluding hydrogens is 1640 g/mol. The molecule has 0 aromatic rings. The third kappa shape index (κ3) is 42.1. The number of hydrogen-bond donors (Lipinski definition) is 22. The van der Waals surface area contributed by atoms with Crippen molar-refractivity contribution >= 4 is 131 Å². The van der Waals surface area contributed by atoms with E-state index in [2.05, 4.69) is 97.7 Å². The zero-order valence-electron chi connectivity index (χ0n) is 76.2. The third-order valence-electron chi connectivity index (χ3n) is 20.2. The lowest BCUT2D eigenvalue weighted by Gasteiger charge is -2.32. The molecule has 16 amide bonds. The Morgan fingerprint density at radius 1 is 0.301 bits per heavy atom. The van der Waals surface area contributed by atoms with Crippen LogP contribution in [0.3, 0.4) is 0 Å². The molecule has 0 saturated heterocycles. The Bertz CT molecular complexity index is 3520. The zero-order chi connectivity index (χ0) is 95.1. The summed E-state index contributed by atoms with van der Waals surface area (Å²) in [7, 11) is 0. The number of nitrogens with one attached hydrogen (secondary N) is 16. The maximum atomic E-state index is 14.6. The number of thioether (sulfide) groups is 1. The van der Waals surface area contributed by atoms with Crippen LogP contribution in [0.1, 0.15) is 223 Å². The summed E-state index contributed by atoms with van der Waals surface area (Å²) >= 11 is 5.55. The van der Waals surface area contributed by atoms with E-state index in [-0.39, 0.29) is 80.3 Å². The van der Waals surface area contributed by atoms with E-state index in [9.17, 15) is 107 Å². The molecule has 0 aliphatic carbocycles. The quantitative estimate of drug-likeness (QED) is 0.0330. The highest BCUT2D eigenvalue weighted by Crippen LogP contribution is 2.19. The average molecular weight is 1790 g/mol. The second kappa shape index (κ2) is 56.8. The van der Waals surface area contributed by atoms with Crippen molar-refractivity contribution in [2.24, 2.45) is 59.0 Å². The van der Waals surface area contributed by atoms with Gasteiger partial charge in [-0.2, -0.15) is 24.4 Å². The summed E-state index contributed by atoms with van der Waals surface area (Å²) in [6.45, 7) is 37.1. The lowest BCUT2D eigenvalue weighted by atomic mass is 9.94. The number of aliphatic hydroxyl groups excluding tert-OH is 2. The summed E-state index contributed by atoms with van der Waals surface area (Å²) in [5, 5.41) is 82.3. The molecule has 0 bridgehead atoms. The first-order valence-corrected chi connectivity index (χ1v) is 44.6. The highest BCUT2D eigenvalue weighted by atomic mass is 32.2. The normalized spacial score (nSPS) is 16.7. The summed E-state index contributed by atoms with van der Waals surface area (Å²) in [6.07, 6.45) is -1.97. The lowest BCUT2D eigenvalue weighted by molar-refractivity contribution is -0.142. The fraction of sp³-hybridized carbons (Fsp3) is 0.780. The fourth-order valence-corrected chi connectivity index (χ4v) is 13.2. The van der Waals surface area contributed by atoms with Crippen LogP contribution >= 0.6 is 24.4 Å². The predicted octanol–water partition coefficient (Wildman–Crippen LogP) is -0.841. The van der Waals surface area contributed by atoms with Gasteiger partial charge in [-0.05, 0) is 145 Å². The largest absolute Gasteiger partial charge is 0.481 e. The number of thiol groups is 1. The number of carboxylic acids is 2. The van der Waals surface area contributed by atoms with Gasteiger partial charge in [-0.25, -0.2) is 4.79 Å². The Labute approximate surface area is 734 Å². The second-order valence-corrected chi connectivity index (χ2v) is 36.1. The van der Waals surface area contributed by atoms with Gasteiger partial charge in [0.2, 0.25) is 94.5 Å². The van der Waals surface area contributed by atoms with Crippen molar-refractivity contribution < 1.29 is 107 Å². The Balaban J connectivity index is 6.79. The minimum Gasteiger partial charge on any atom is -0.481 e. The van der Waals surface area contributed by atoms with Gasteiger partial charge in [0.1, 0.15) is 96.7 Å². The molecule has 0 rings (SSSR count). The Morgan fingerprint density at radius 2 is 0.553 bits per heavy atom. The van der Waals surface area contributed by atoms with Crippen LogP contribution in [0, 0.1) is 53.3 Å². The molecule has 0 heterocycles. The Kier molecular flexibility index (Phi) is 52.7. The molecule has 0 aromatic heterocycles. The molecule has 123 heavy (non-hydrogen) atoms. The van der Waals surface area contributed by atoms with E-state index in [0.29, 0.717) is 12.2 Å². The van der Waals surface area contributed by atoms with Crippen LogP contribution in [-0.4, -0.2) is 260 Å². The zero-order valence-corrected chi connectivity index (χ0v) is 77.9. The smallest absolute Gasteiger partial charge is 0.326 e. The maximum absolute atomic E-state index is 14.6. The first kappa shape index (κ1) is 114. The van der Waals surface area contributed by atoms with Gasteiger partial charge in [0, 0.05) is 12.2 Å². The van der Waals surface area contributed by atoms with Crippen molar-refractivity contribution in [3.8, 4) is 0 Å². The van der Waals surface area contributed by atoms with Gasteiger partial charge in [0.05, 0.1) is 18.2 Å². The molecular formula is C82H147N17O22S2. The summed E-state index contributed by atoms with van der Waals surface area (Å²) in [5.41, 5.74) is 6.06. The van der Waals surface area contributed by atoms with Crippen LogP contribution in [-0.2, 0) is 86.3 Å². The average Bonchev–Trinajstić information content (AvgIpc) is 0.834. The van der Waals surface area contributed by atoms with E-state index >= 15 is 0 Å². The molecule has 0 radical (unpaired) electrons. The lowest BCUT2D eigenvalue weighted by Crippen LogP contribution is -2.64. The van der Waals surface area contributed by atoms with Gasteiger partial charge in [0.15, 0.2) is 0 Å². The molecule has 0 aromatic carbocycles. The van der Waals surface area contributed by atoms with Crippen molar-refractivity contribution in [2.75, 3.05) is 17.8 Å². The second-order valence-electron chi connectivity index (χ2n) is 34.8. The fourth-order valence-electron chi connectivity index (χ4n) is 12.5. The molecule has 0 saturated carbocycles. The monoisotopic (exact) mass is 1790 g/mol. The number of aliphatic hydroxyl groups is 2. The maximum Gasteiger partial charge on any atom is 0.326 e. The number of carboxylic acid groups (broad SMARTS) is 2. The summed E-state index contributed by atoms with van der Waals surface area (Å²) in [6, 6.07) is -23.7. The SMILES string of the molecule is CC[C@H](C)[C@H](NC(=O)[C@H](CCC(=O)O)NC(=O)[C@H](C)NC(=O)[C@@H](NC(=O)[C@@H](N)CC(C)C)C(C)C)C(=O)N[C@H](C(=O)N[C@@H](CC(C)C)C(=O)N[C@H](C(=O)N[C@H](C(=O)N[C@@H](CC(C)C)C(=O)N[C@@H](CC(C)C)C(=O)N[C@@H](C)C(=O)N[C@@H](CC(C)C)C(=O)N[C@@H](C)C(=O)N[C@H](C(=O)N[C@@H](CS)C(=O)N[C@@H](CCSC)C(=O)O)C(C)C)[C@@H](C)O)[C@@H](C)O)[C@@H](C)CC. The topological polar surface area (TPSA) is 607 Å². The van der Waals surface area contributed by atoms with E-state index in [0.717, 1.165) is 13.8 Å². The number of nitrogens with two attached hydrogens (primary N) is 1. The van der Waals surface area contributed by atoms with Crippen molar-refractivity contribution in [2.45, 2.75) is 338 Å². The van der Waals surface area contributed by atoms with E-state index in [1.165, 1.54) is 32.5 Å². The molecule has 39 nitrogen and oxygen atoms in total. The molecule has 704 valence electrons. The van der Waals surface area contributed by atoms with Gasteiger partial charge < -0.3 is 111 Å². The number of carbonyl (C=O) groups excluding carboxylic acids is 16. The number of carbonyl (C=O) groups is 18. The number of rotatable bonds is 58. The Morgan fingerprint density at radius 3 is 0.911 bits per heavy atom. The molecule has 41 heteroatoms. The van der Waals surface area contributed by atoms with E-state index in [4.69, 9.17) is 5.73 Å². The number of aliphatic carboxylic acids is 2. The van der Waals surface area contributed by atoms with Crippen LogP contribution in [0.4, 0.5) is 0 Å². The van der Waals surface area contributed by atoms with Crippen LogP contribution in [0.25, 0.3) is 0 Å². The van der Waals surface area contributed by atoms with E-state index in [1.54, 1.807) is 117 Å². The van der Waals surface area contributed by atoms with Crippen molar-refractivity contribution in [1.82, 2.24) is 85.1 Å². The highest BCUT2D eigenvalue weighted by molar-refractivity contribution is 7.98. The molecule has 0 aliphatic rings. The summed E-state index contributed by atoms with van der Waals surface area (Å²) in [5.74, 6) is -20.1. The van der Waals surface area contributed by atoms with Gasteiger partial charge in [-0.3, -0.25) is 81.5 Å². The summed E-state index contributed by atoms with van der Waals surface area (Å²) in [4.78, 5) is 247. The number of amides is 16. The first-order chi connectivity index (χ1) is 57.0. The predicted molar refractivity (Wildman–Crippen MR) is 466 cm³/mol. The molecule has 0 fully saturated rings. The molecule has 0 unspecified atom stereocenters. The van der Waals surface area contributed by atoms with Gasteiger partial charge >= 0.3 is 11.9 Å². The van der Waals surface area contributed by atoms with E-state index < -0.39 is 258 Å². The Hall–Kier alpha value is -8.96. The minimum absolute atomic E-state index is 0.0167. The standard InChI is InChI=1S/C82H147N17O22S2/c1-25-44(17)62(97-79(117)63(45(18)26-2)96-70(108)52(27-28-59(102)103)87-66(104)47(20)86-76(114)60(42(13)14)95-69(107)51(83)31-37(3)4)78(116)91-57(35-41(11)12)74(112)98-65(50(23)101)81(119)99-64(49(22)100)80(118)92-56(34-40(9)10)73(111)90-55(33-39(7)8)72(110)84-46(19)67(105)89-54(32-38(5)6)71(109)85-48(21)68(106)94-61(43(15)16)77(115)93-58(36-122)75(113)88-53(82(120)121)29-30-123-24/h37-58,60-65,100-101,122H,25-36,83H2,1-24H3,(H,84,110)(H,85,109)(H,86,114)(H,87,104)(H,88,113)(H,89,105)(H,90,111)(H,91,116)(H,92,118)(H,93,115)(H,94,106)(H,95,107)(H,96,108)(H,97,117)(H,98,112)(H,99,119)(H,102,103)(H,120,121)/t44-,45-,46-,47-,48-,49+,50+,51-,52-,53-,54-,55-,56-,57-,58-,60-,61-,62-,63-,64-,65-/m0/s1. The van der Waals surface area contributed by atoms with E-state index in [1.807, 2.05) is 13.8 Å². The molecule has 22 N–H and O–H groups in total. The van der Waals surface area contributed by atoms with Crippen LogP contribution < -0.4 is 90.8 Å². The van der Waals surface area contributed by atoms with Crippen molar-refractivity contribution in [3.63, 3.8) is 0 Å². The van der Waals surface area contributed by atoms with Gasteiger partial charge in [-0.15, -0.1) is 0 Å². The number of hydrogen-bond acceptors (Lipinski definition) is 23. The molecule has 0 aliphatic heterocycles. The minimum atomic E-state index is -1.90. The van der Waals surface area contributed by atoms with Gasteiger partial charge in [-0.1, -0.05) is 137 Å². The highest BCUT2D eigenvalue weighted by Gasteiger charge is 2.42. The third-order valence-corrected chi connectivity index (χ3v) is 21.2. The van der Waals surface area contributed by atoms with Crippen LogP contribution in [0.2, 0.25) is 0 Å². The first-order valence-electron chi connectivity index (χ1n) is 42.5. The molecule has 21 atom stereocenters. The van der Waals surface area contributed by atoms with Crippen LogP contribution in [0.15, 0.2) is 0 Å².